The zero-order valence-electron chi connectivity index (χ0n) is 12.0. The molecule has 1 aromatic heterocycles. The number of hydrogen-bond acceptors (Lipinski definition) is 3. The van der Waals surface area contributed by atoms with Gasteiger partial charge in [0.15, 0.2) is 0 Å². The van der Waals surface area contributed by atoms with E-state index in [0.29, 0.717) is 24.4 Å². The molecule has 1 unspecified atom stereocenters. The third-order valence-corrected chi connectivity index (χ3v) is 3.77. The molecule has 1 fully saturated rings. The lowest BCUT2D eigenvalue weighted by atomic mass is 9.98. The van der Waals surface area contributed by atoms with Crippen molar-refractivity contribution in [1.82, 2.24) is 15.4 Å². The second-order valence-electron chi connectivity index (χ2n) is 5.29. The van der Waals surface area contributed by atoms with E-state index in [4.69, 9.17) is 4.52 Å². The van der Waals surface area contributed by atoms with E-state index in [1.165, 1.54) is 4.90 Å². The molecular weight excluding hydrogens is 287 g/mol. The standard InChI is InChI=1S/C13H18F3N3O2/c1-8-11(9(2)21-18-8)6-17-12(20)19-5-3-4-10(7-19)13(14,15)16/h10H,3-7H2,1-2H3,(H,17,20). The summed E-state index contributed by atoms with van der Waals surface area (Å²) in [6.45, 7) is 3.74. The number of amides is 2. The maximum Gasteiger partial charge on any atom is 0.393 e. The lowest BCUT2D eigenvalue weighted by Gasteiger charge is -2.33. The Balaban J connectivity index is 1.91. The predicted octanol–water partition coefficient (Wildman–Crippen LogP) is 2.78. The van der Waals surface area contributed by atoms with Gasteiger partial charge in [0.2, 0.25) is 0 Å². The molecule has 0 aliphatic carbocycles. The fourth-order valence-electron chi connectivity index (χ4n) is 2.46. The summed E-state index contributed by atoms with van der Waals surface area (Å²) < 4.78 is 43.1. The smallest absolute Gasteiger partial charge is 0.361 e. The number of nitrogens with zero attached hydrogens (tertiary/aromatic N) is 2. The molecule has 0 radical (unpaired) electrons. The minimum absolute atomic E-state index is 0.0805. The number of carbonyl (C=O) groups excluding carboxylic acids is 1. The van der Waals surface area contributed by atoms with Crippen molar-refractivity contribution in [2.24, 2.45) is 5.92 Å². The molecule has 0 spiro atoms. The highest BCUT2D eigenvalue weighted by atomic mass is 19.4. The second-order valence-corrected chi connectivity index (χ2v) is 5.29. The molecule has 1 saturated heterocycles. The average Bonchev–Trinajstić information content (AvgIpc) is 2.75. The van der Waals surface area contributed by atoms with Gasteiger partial charge in [-0.05, 0) is 26.7 Å². The van der Waals surface area contributed by atoms with Gasteiger partial charge in [0.25, 0.3) is 0 Å². The van der Waals surface area contributed by atoms with Gasteiger partial charge in [-0.1, -0.05) is 5.16 Å². The van der Waals surface area contributed by atoms with Gasteiger partial charge in [0, 0.05) is 25.2 Å². The molecule has 0 bridgehead atoms. The summed E-state index contributed by atoms with van der Waals surface area (Å²) in [5, 5.41) is 6.39. The van der Waals surface area contributed by atoms with Crippen molar-refractivity contribution < 1.29 is 22.5 Å². The number of aryl methyl sites for hydroxylation is 2. The molecular formula is C13H18F3N3O2. The van der Waals surface area contributed by atoms with Crippen LogP contribution in [0.1, 0.15) is 29.9 Å². The molecule has 1 aliphatic rings. The molecule has 2 amide bonds. The summed E-state index contributed by atoms with van der Waals surface area (Å²) in [7, 11) is 0. The quantitative estimate of drug-likeness (QED) is 0.914. The number of halogens is 3. The number of aromatic nitrogens is 1. The van der Waals surface area contributed by atoms with Crippen LogP contribution in [0, 0.1) is 19.8 Å². The average molecular weight is 305 g/mol. The van der Waals surface area contributed by atoms with Crippen molar-refractivity contribution in [2.45, 2.75) is 39.4 Å². The van der Waals surface area contributed by atoms with Gasteiger partial charge in [-0.15, -0.1) is 0 Å². The van der Waals surface area contributed by atoms with E-state index in [1.54, 1.807) is 13.8 Å². The minimum Gasteiger partial charge on any atom is -0.361 e. The van der Waals surface area contributed by atoms with E-state index >= 15 is 0 Å². The Hall–Kier alpha value is -1.73. The highest BCUT2D eigenvalue weighted by Crippen LogP contribution is 2.33. The molecule has 2 rings (SSSR count). The van der Waals surface area contributed by atoms with E-state index in [1.807, 2.05) is 0 Å². The van der Waals surface area contributed by atoms with E-state index in [9.17, 15) is 18.0 Å². The summed E-state index contributed by atoms with van der Waals surface area (Å²) in [6, 6.07) is -0.482. The largest absolute Gasteiger partial charge is 0.393 e. The van der Waals surface area contributed by atoms with Crippen LogP contribution in [-0.2, 0) is 6.54 Å². The molecule has 0 aromatic carbocycles. The van der Waals surface area contributed by atoms with Crippen molar-refractivity contribution in [1.29, 1.82) is 0 Å². The fraction of sp³-hybridized carbons (Fsp3) is 0.692. The molecule has 118 valence electrons. The Labute approximate surface area is 120 Å². The van der Waals surface area contributed by atoms with Crippen LogP contribution in [0.2, 0.25) is 0 Å². The van der Waals surface area contributed by atoms with Crippen LogP contribution in [-0.4, -0.2) is 35.4 Å². The summed E-state index contributed by atoms with van der Waals surface area (Å²) >= 11 is 0. The molecule has 8 heteroatoms. The van der Waals surface area contributed by atoms with Crippen LogP contribution in [0.15, 0.2) is 4.52 Å². The Bertz CT molecular complexity index is 494. The Kier molecular flexibility index (Phi) is 4.43. The Morgan fingerprint density at radius 1 is 1.48 bits per heavy atom. The molecule has 1 aliphatic heterocycles. The molecule has 2 heterocycles. The lowest BCUT2D eigenvalue weighted by molar-refractivity contribution is -0.184. The Morgan fingerprint density at radius 3 is 2.76 bits per heavy atom. The van der Waals surface area contributed by atoms with Crippen molar-refractivity contribution in [3.05, 3.63) is 17.0 Å². The summed E-state index contributed by atoms with van der Waals surface area (Å²) in [5.74, 6) is -0.837. The summed E-state index contributed by atoms with van der Waals surface area (Å²) in [6.07, 6.45) is -3.80. The van der Waals surface area contributed by atoms with Crippen molar-refractivity contribution in [3.8, 4) is 0 Å². The predicted molar refractivity (Wildman–Crippen MR) is 68.6 cm³/mol. The van der Waals surface area contributed by atoms with Crippen LogP contribution in [0.5, 0.6) is 0 Å². The van der Waals surface area contributed by atoms with Crippen LogP contribution in [0.3, 0.4) is 0 Å². The monoisotopic (exact) mass is 305 g/mol. The number of likely N-dealkylation sites (tertiary alicyclic amines) is 1. The first kappa shape index (κ1) is 15.7. The zero-order chi connectivity index (χ0) is 15.6. The van der Waals surface area contributed by atoms with Gasteiger partial charge in [0.1, 0.15) is 5.76 Å². The molecule has 21 heavy (non-hydrogen) atoms. The van der Waals surface area contributed by atoms with Gasteiger partial charge in [-0.25, -0.2) is 4.79 Å². The SMILES string of the molecule is Cc1noc(C)c1CNC(=O)N1CCCC(C(F)(F)F)C1. The third-order valence-electron chi connectivity index (χ3n) is 3.77. The number of carbonyl (C=O) groups is 1. The molecule has 5 nitrogen and oxygen atoms in total. The van der Waals surface area contributed by atoms with Crippen molar-refractivity contribution >= 4 is 6.03 Å². The van der Waals surface area contributed by atoms with Crippen molar-refractivity contribution in [2.75, 3.05) is 13.1 Å². The van der Waals surface area contributed by atoms with E-state index < -0.39 is 18.1 Å². The number of rotatable bonds is 2. The van der Waals surface area contributed by atoms with Crippen LogP contribution < -0.4 is 5.32 Å². The maximum absolute atomic E-state index is 12.7. The highest BCUT2D eigenvalue weighted by molar-refractivity contribution is 5.74. The van der Waals surface area contributed by atoms with Crippen molar-refractivity contribution in [3.63, 3.8) is 0 Å². The van der Waals surface area contributed by atoms with E-state index in [0.717, 1.165) is 5.56 Å². The molecule has 1 N–H and O–H groups in total. The number of urea groups is 1. The van der Waals surface area contributed by atoms with Gasteiger partial charge < -0.3 is 14.7 Å². The molecule has 1 atom stereocenters. The minimum atomic E-state index is -4.25. The first-order valence-corrected chi connectivity index (χ1v) is 6.80. The topological polar surface area (TPSA) is 58.4 Å². The van der Waals surface area contributed by atoms with Gasteiger partial charge in [0.05, 0.1) is 11.6 Å². The Morgan fingerprint density at radius 2 is 2.19 bits per heavy atom. The highest BCUT2D eigenvalue weighted by Gasteiger charge is 2.42. The maximum atomic E-state index is 12.7. The molecule has 1 aromatic rings. The first-order chi connectivity index (χ1) is 9.79. The number of hydrogen-bond donors (Lipinski definition) is 1. The van der Waals surface area contributed by atoms with Gasteiger partial charge >= 0.3 is 12.2 Å². The lowest BCUT2D eigenvalue weighted by Crippen LogP contribution is -2.48. The van der Waals surface area contributed by atoms with E-state index in [-0.39, 0.29) is 19.5 Å². The van der Waals surface area contributed by atoms with E-state index in [2.05, 4.69) is 10.5 Å². The van der Waals surface area contributed by atoms with Gasteiger partial charge in [-0.2, -0.15) is 13.2 Å². The zero-order valence-corrected chi connectivity index (χ0v) is 12.0. The third kappa shape index (κ3) is 3.68. The number of alkyl halides is 3. The summed E-state index contributed by atoms with van der Waals surface area (Å²) in [4.78, 5) is 13.2. The summed E-state index contributed by atoms with van der Waals surface area (Å²) in [5.41, 5.74) is 1.42. The van der Waals surface area contributed by atoms with Crippen LogP contribution >= 0.6 is 0 Å². The molecule has 0 saturated carbocycles. The number of piperidine rings is 1. The fourth-order valence-corrected chi connectivity index (χ4v) is 2.46. The second kappa shape index (κ2) is 5.95. The van der Waals surface area contributed by atoms with Gasteiger partial charge in [-0.3, -0.25) is 0 Å². The van der Waals surface area contributed by atoms with Crippen LogP contribution in [0.25, 0.3) is 0 Å². The first-order valence-electron chi connectivity index (χ1n) is 6.80. The number of nitrogens with one attached hydrogen (secondary N) is 1. The normalized spacial score (nSPS) is 19.7. The van der Waals surface area contributed by atoms with Crippen LogP contribution in [0.4, 0.5) is 18.0 Å².